The second kappa shape index (κ2) is 11.2. The maximum Gasteiger partial charge on any atom is 0.272 e. The molecule has 2 amide bonds. The molecule has 1 aliphatic carbocycles. The average molecular weight is 558 g/mol. The van der Waals surface area contributed by atoms with Crippen molar-refractivity contribution in [3.63, 3.8) is 0 Å². The normalized spacial score (nSPS) is 20.2. The second-order valence-electron chi connectivity index (χ2n) is 11.2. The van der Waals surface area contributed by atoms with Gasteiger partial charge >= 0.3 is 0 Å². The van der Waals surface area contributed by atoms with Gasteiger partial charge in [0.15, 0.2) is 5.54 Å². The quantitative estimate of drug-likeness (QED) is 0.273. The monoisotopic (exact) mass is 557 g/mol. The van der Waals surface area contributed by atoms with Gasteiger partial charge in [-0.15, -0.1) is 11.3 Å². The van der Waals surface area contributed by atoms with Crippen molar-refractivity contribution in [2.45, 2.75) is 83.0 Å². The summed E-state index contributed by atoms with van der Waals surface area (Å²) in [5.41, 5.74) is 1.70. The number of fused-ring (bicyclic) bond motifs is 3. The van der Waals surface area contributed by atoms with Gasteiger partial charge < -0.3 is 14.8 Å². The van der Waals surface area contributed by atoms with E-state index < -0.39 is 5.54 Å². The number of halogens is 1. The Bertz CT molecular complexity index is 1520. The molecule has 6 rings (SSSR count). The van der Waals surface area contributed by atoms with Crippen molar-refractivity contribution >= 4 is 33.4 Å². The third kappa shape index (κ3) is 4.85. The number of carbonyl (C=O) groups excluding carboxylic acids is 2. The highest BCUT2D eigenvalue weighted by Gasteiger charge is 2.53. The van der Waals surface area contributed by atoms with Crippen LogP contribution in [0, 0.1) is 5.82 Å². The van der Waals surface area contributed by atoms with Gasteiger partial charge in [-0.05, 0) is 54.7 Å². The van der Waals surface area contributed by atoms with Crippen LogP contribution in [0.15, 0.2) is 66.7 Å². The van der Waals surface area contributed by atoms with Gasteiger partial charge in [0, 0.05) is 17.5 Å². The van der Waals surface area contributed by atoms with Gasteiger partial charge in [0.25, 0.3) is 11.8 Å². The molecule has 7 heteroatoms. The van der Waals surface area contributed by atoms with Crippen molar-refractivity contribution in [2.24, 2.45) is 0 Å². The molecule has 5 nitrogen and oxygen atoms in total. The molecule has 2 aliphatic rings. The van der Waals surface area contributed by atoms with E-state index in [1.165, 1.54) is 36.3 Å². The number of aromatic nitrogens is 1. The van der Waals surface area contributed by atoms with Crippen molar-refractivity contribution in [1.29, 1.82) is 0 Å². The Labute approximate surface area is 239 Å². The number of amides is 2. The summed E-state index contributed by atoms with van der Waals surface area (Å²) in [6, 6.07) is 20.2. The highest BCUT2D eigenvalue weighted by molar-refractivity contribution is 7.19. The largest absolute Gasteiger partial charge is 0.351 e. The summed E-state index contributed by atoms with van der Waals surface area (Å²) < 4.78 is 17.4. The predicted octanol–water partition coefficient (Wildman–Crippen LogP) is 7.18. The zero-order valence-electron chi connectivity index (χ0n) is 23.0. The van der Waals surface area contributed by atoms with Crippen molar-refractivity contribution in [2.75, 3.05) is 0 Å². The molecule has 208 valence electrons. The molecule has 0 unspecified atom stereocenters. The smallest absolute Gasteiger partial charge is 0.272 e. The molecule has 1 aliphatic heterocycles. The highest BCUT2D eigenvalue weighted by Crippen LogP contribution is 2.42. The molecular formula is C33H36FN3O2S. The van der Waals surface area contributed by atoms with Crippen molar-refractivity contribution in [3.05, 3.63) is 94.2 Å². The first-order valence-corrected chi connectivity index (χ1v) is 15.4. The minimum atomic E-state index is -1.29. The van der Waals surface area contributed by atoms with Gasteiger partial charge in [0.1, 0.15) is 11.5 Å². The first kappa shape index (κ1) is 26.8. The number of nitrogens with one attached hydrogen (secondary N) is 1. The first-order valence-electron chi connectivity index (χ1n) is 14.5. The van der Waals surface area contributed by atoms with E-state index in [1.54, 1.807) is 22.3 Å². The molecule has 3 heterocycles. The fourth-order valence-corrected chi connectivity index (χ4v) is 7.50. The van der Waals surface area contributed by atoms with E-state index in [9.17, 15) is 14.0 Å². The van der Waals surface area contributed by atoms with E-state index in [-0.39, 0.29) is 30.2 Å². The molecule has 2 aromatic carbocycles. The Morgan fingerprint density at radius 3 is 2.48 bits per heavy atom. The number of hydrogen-bond donors (Lipinski definition) is 1. The number of hydrogen-bond acceptors (Lipinski definition) is 3. The van der Waals surface area contributed by atoms with Crippen LogP contribution in [0.5, 0.6) is 0 Å². The van der Waals surface area contributed by atoms with Crippen LogP contribution in [0.2, 0.25) is 0 Å². The maximum atomic E-state index is 14.7. The van der Waals surface area contributed by atoms with Crippen LogP contribution in [0.25, 0.3) is 10.2 Å². The molecule has 0 radical (unpaired) electrons. The summed E-state index contributed by atoms with van der Waals surface area (Å²) in [6.07, 6.45) is 8.60. The Hall–Kier alpha value is -3.45. The summed E-state index contributed by atoms with van der Waals surface area (Å²) in [6.45, 7) is 2.56. The molecule has 40 heavy (non-hydrogen) atoms. The number of benzene rings is 2. The summed E-state index contributed by atoms with van der Waals surface area (Å²) in [4.78, 5) is 32.1. The van der Waals surface area contributed by atoms with Crippen LogP contribution >= 0.6 is 11.3 Å². The third-order valence-electron chi connectivity index (χ3n) is 8.60. The Morgan fingerprint density at radius 1 is 1.00 bits per heavy atom. The van der Waals surface area contributed by atoms with Crippen LogP contribution in [0.1, 0.15) is 78.4 Å². The average Bonchev–Trinajstić information content (AvgIpc) is 3.50. The molecule has 1 saturated carbocycles. The van der Waals surface area contributed by atoms with E-state index in [4.69, 9.17) is 0 Å². The Kier molecular flexibility index (Phi) is 7.49. The van der Waals surface area contributed by atoms with Gasteiger partial charge in [0.05, 0.1) is 16.8 Å². The molecule has 1 fully saturated rings. The minimum Gasteiger partial charge on any atom is -0.351 e. The number of nitrogens with zero attached hydrogens (tertiary/aromatic N) is 2. The molecule has 1 N–H and O–H groups in total. The fourth-order valence-electron chi connectivity index (χ4n) is 6.46. The van der Waals surface area contributed by atoms with Gasteiger partial charge in [-0.2, -0.15) is 0 Å². The molecule has 1 atom stereocenters. The molecule has 4 aromatic rings. The summed E-state index contributed by atoms with van der Waals surface area (Å²) in [7, 11) is 0. The summed E-state index contributed by atoms with van der Waals surface area (Å²) >= 11 is 1.70. The molecule has 2 aromatic heterocycles. The fraction of sp³-hybridized carbons (Fsp3) is 0.394. The lowest BCUT2D eigenvalue weighted by Gasteiger charge is -2.47. The standard InChI is InChI=1S/C33H36FN3O2S/c1-2-27-19-28-30(40-27)20-29-31(38)37(21-23-12-11-15-25(34)18-23)33(22-36(28)29,24-13-7-6-8-14-24)32(39)35-26-16-9-4-3-5-10-17-26/h6-8,11-15,18-20,26H,2-5,9-10,16-17,21-22H2,1H3,(H,35,39)/t33-/m0/s1. The summed E-state index contributed by atoms with van der Waals surface area (Å²) in [5.74, 6) is -0.733. The van der Waals surface area contributed by atoms with Crippen molar-refractivity contribution in [1.82, 2.24) is 14.8 Å². The van der Waals surface area contributed by atoms with Gasteiger partial charge in [-0.1, -0.05) is 81.5 Å². The van der Waals surface area contributed by atoms with E-state index >= 15 is 0 Å². The van der Waals surface area contributed by atoms with Crippen molar-refractivity contribution in [3.8, 4) is 0 Å². The van der Waals surface area contributed by atoms with Crippen LogP contribution in [-0.4, -0.2) is 27.3 Å². The molecule has 0 saturated heterocycles. The predicted molar refractivity (Wildman–Crippen MR) is 158 cm³/mol. The zero-order chi connectivity index (χ0) is 27.7. The zero-order valence-corrected chi connectivity index (χ0v) is 23.8. The van der Waals surface area contributed by atoms with Crippen LogP contribution < -0.4 is 5.32 Å². The van der Waals surface area contributed by atoms with E-state index in [2.05, 4.69) is 18.3 Å². The lowest BCUT2D eigenvalue weighted by Crippen LogP contribution is -2.64. The van der Waals surface area contributed by atoms with Gasteiger partial charge in [-0.3, -0.25) is 9.59 Å². The Morgan fingerprint density at radius 2 is 1.75 bits per heavy atom. The lowest BCUT2D eigenvalue weighted by atomic mass is 9.83. The molecule has 0 bridgehead atoms. The maximum absolute atomic E-state index is 14.7. The number of aryl methyl sites for hydroxylation is 1. The number of rotatable bonds is 6. The topological polar surface area (TPSA) is 54.3 Å². The summed E-state index contributed by atoms with van der Waals surface area (Å²) in [5, 5.41) is 3.41. The van der Waals surface area contributed by atoms with Crippen LogP contribution in [-0.2, 0) is 29.8 Å². The molecular weight excluding hydrogens is 521 g/mol. The van der Waals surface area contributed by atoms with Gasteiger partial charge in [0.2, 0.25) is 0 Å². The number of thiophene rings is 1. The SMILES string of the molecule is CCc1cc2c(cc3n2C[C@@](C(=O)NC2CCCCCCC2)(c2ccccc2)N(Cc2cccc(F)c2)C3=O)s1. The lowest BCUT2D eigenvalue weighted by molar-refractivity contribution is -0.136. The number of carbonyl (C=O) groups is 2. The van der Waals surface area contributed by atoms with E-state index in [0.717, 1.165) is 47.9 Å². The van der Waals surface area contributed by atoms with E-state index in [0.29, 0.717) is 17.8 Å². The third-order valence-corrected chi connectivity index (χ3v) is 9.81. The Balaban J connectivity index is 1.51. The van der Waals surface area contributed by atoms with Crippen LogP contribution in [0.4, 0.5) is 4.39 Å². The van der Waals surface area contributed by atoms with Crippen LogP contribution in [0.3, 0.4) is 0 Å². The van der Waals surface area contributed by atoms with Gasteiger partial charge in [-0.25, -0.2) is 4.39 Å². The minimum absolute atomic E-state index is 0.0680. The molecule has 0 spiro atoms. The van der Waals surface area contributed by atoms with Crippen molar-refractivity contribution < 1.29 is 14.0 Å². The van der Waals surface area contributed by atoms with E-state index in [1.807, 2.05) is 47.0 Å². The first-order chi connectivity index (χ1) is 19.5. The second-order valence-corrected chi connectivity index (χ2v) is 12.4. The highest BCUT2D eigenvalue weighted by atomic mass is 32.1.